The summed E-state index contributed by atoms with van der Waals surface area (Å²) in [6.07, 6.45) is 40.4. The Labute approximate surface area is 537 Å². The number of unbranched alkanes of at least 4 members (excludes halogenated alkanes) is 29. The molecule has 0 saturated heterocycles. The fraction of sp³-hybridized carbons (Fsp3) is 0.942. The van der Waals surface area contributed by atoms with Gasteiger partial charge >= 0.3 is 39.5 Å². The van der Waals surface area contributed by atoms with Crippen LogP contribution in [-0.2, 0) is 65.4 Å². The zero-order valence-corrected chi connectivity index (χ0v) is 59.1. The third-order valence-electron chi connectivity index (χ3n) is 16.9. The van der Waals surface area contributed by atoms with Crippen molar-refractivity contribution in [3.63, 3.8) is 0 Å². The first-order valence-corrected chi connectivity index (χ1v) is 38.8. The summed E-state index contributed by atoms with van der Waals surface area (Å²) in [5.41, 5.74) is 0. The van der Waals surface area contributed by atoms with Crippen LogP contribution >= 0.6 is 15.6 Å². The minimum atomic E-state index is -4.95. The van der Waals surface area contributed by atoms with Gasteiger partial charge in [0.25, 0.3) is 0 Å². The Kier molecular flexibility index (Phi) is 57.6. The van der Waals surface area contributed by atoms with Gasteiger partial charge in [0.15, 0.2) is 12.2 Å². The van der Waals surface area contributed by atoms with Crippen molar-refractivity contribution in [1.29, 1.82) is 0 Å². The lowest BCUT2D eigenvalue weighted by Crippen LogP contribution is -2.30. The largest absolute Gasteiger partial charge is 0.472 e. The predicted octanol–water partition coefficient (Wildman–Crippen LogP) is 19.3. The molecule has 0 radical (unpaired) electrons. The number of ether oxygens (including phenoxy) is 4. The number of carbonyl (C=O) groups excluding carboxylic acids is 4. The average molecular weight is 1300 g/mol. The fourth-order valence-electron chi connectivity index (χ4n) is 10.2. The number of phosphoric acid groups is 2. The van der Waals surface area contributed by atoms with Crippen LogP contribution in [0.15, 0.2) is 0 Å². The van der Waals surface area contributed by atoms with Gasteiger partial charge in [-0.15, -0.1) is 0 Å². The van der Waals surface area contributed by atoms with Crippen molar-refractivity contribution in [2.75, 3.05) is 39.6 Å². The molecule has 3 N–H and O–H groups in total. The highest BCUT2D eigenvalue weighted by Crippen LogP contribution is 2.45. The molecule has 0 aromatic rings. The van der Waals surface area contributed by atoms with Crippen molar-refractivity contribution in [3.8, 4) is 0 Å². The normalized spacial score (nSPS) is 15.2. The number of rotatable bonds is 66. The molecule has 8 atom stereocenters. The second-order valence-corrected chi connectivity index (χ2v) is 29.0. The van der Waals surface area contributed by atoms with E-state index in [4.69, 9.17) is 37.0 Å². The monoisotopic (exact) mass is 1300 g/mol. The molecular formula is C69H134O17P2. The molecule has 0 aliphatic heterocycles. The van der Waals surface area contributed by atoms with Gasteiger partial charge in [0.1, 0.15) is 19.3 Å². The second-order valence-electron chi connectivity index (χ2n) is 26.1. The summed E-state index contributed by atoms with van der Waals surface area (Å²) < 4.78 is 68.2. The Bertz CT molecular complexity index is 1750. The first-order chi connectivity index (χ1) is 42.2. The van der Waals surface area contributed by atoms with Crippen molar-refractivity contribution in [2.45, 2.75) is 356 Å². The third-order valence-corrected chi connectivity index (χ3v) is 18.8. The standard InChI is InChI=1S/C69H134O17P2/c1-9-60(6)46-38-30-22-18-16-14-12-13-15-17-19-23-35-43-51-68(73)85-64(55-79-66(71)49-41-33-24-20-21-29-37-45-59(4)5)57-83-87(75,76)81-53-63(70)54-82-88(77,78)84-58-65(86-69(74)52-44-36-28-26-32-40-48-62(8)11-3)56-80-67(72)50-42-34-27-25-31-39-47-61(7)10-2/h59-65,70H,9-58H2,1-8H3,(H,75,76)(H,77,78)/t60?,61?,62?,63?,64-,65-/m1/s1. The average Bonchev–Trinajstić information content (AvgIpc) is 3.54. The topological polar surface area (TPSA) is 237 Å². The smallest absolute Gasteiger partial charge is 0.462 e. The Morgan fingerprint density at radius 1 is 0.318 bits per heavy atom. The van der Waals surface area contributed by atoms with Crippen LogP contribution in [0.4, 0.5) is 0 Å². The maximum atomic E-state index is 13.0. The van der Waals surface area contributed by atoms with Crippen molar-refractivity contribution < 1.29 is 80.2 Å². The molecule has 0 bridgehead atoms. The predicted molar refractivity (Wildman–Crippen MR) is 354 cm³/mol. The molecule has 0 aliphatic rings. The highest BCUT2D eigenvalue weighted by atomic mass is 31.2. The van der Waals surface area contributed by atoms with Crippen molar-refractivity contribution in [2.24, 2.45) is 23.7 Å². The van der Waals surface area contributed by atoms with Crippen molar-refractivity contribution in [3.05, 3.63) is 0 Å². The molecule has 17 nitrogen and oxygen atoms in total. The summed E-state index contributed by atoms with van der Waals surface area (Å²) in [5.74, 6) is 0.866. The molecule has 0 heterocycles. The summed E-state index contributed by atoms with van der Waals surface area (Å²) in [4.78, 5) is 72.4. The lowest BCUT2D eigenvalue weighted by molar-refractivity contribution is -0.161. The van der Waals surface area contributed by atoms with Gasteiger partial charge in [-0.2, -0.15) is 0 Å². The molecule has 0 amide bonds. The van der Waals surface area contributed by atoms with E-state index in [0.717, 1.165) is 120 Å². The fourth-order valence-corrected chi connectivity index (χ4v) is 11.8. The van der Waals surface area contributed by atoms with Crippen LogP contribution in [0.25, 0.3) is 0 Å². The van der Waals surface area contributed by atoms with E-state index < -0.39 is 97.5 Å². The molecule has 19 heteroatoms. The van der Waals surface area contributed by atoms with Crippen LogP contribution in [0, 0.1) is 23.7 Å². The number of carbonyl (C=O) groups is 4. The Hall–Kier alpha value is -1.94. The molecule has 0 aromatic heterocycles. The summed E-state index contributed by atoms with van der Waals surface area (Å²) in [6, 6.07) is 0. The highest BCUT2D eigenvalue weighted by Gasteiger charge is 2.30. The van der Waals surface area contributed by atoms with Crippen LogP contribution in [0.5, 0.6) is 0 Å². The number of hydrogen-bond donors (Lipinski definition) is 3. The van der Waals surface area contributed by atoms with Crippen molar-refractivity contribution >= 4 is 39.5 Å². The minimum absolute atomic E-state index is 0.101. The van der Waals surface area contributed by atoms with Crippen LogP contribution in [0.1, 0.15) is 338 Å². The molecular weight excluding hydrogens is 1160 g/mol. The van der Waals surface area contributed by atoms with E-state index in [9.17, 15) is 43.2 Å². The van der Waals surface area contributed by atoms with Gasteiger partial charge in [-0.3, -0.25) is 37.3 Å². The van der Waals surface area contributed by atoms with E-state index in [1.807, 2.05) is 0 Å². The number of esters is 4. The van der Waals surface area contributed by atoms with E-state index in [0.29, 0.717) is 31.6 Å². The van der Waals surface area contributed by atoms with E-state index in [1.165, 1.54) is 128 Å². The Balaban J connectivity index is 5.22. The van der Waals surface area contributed by atoms with Gasteiger partial charge < -0.3 is 33.8 Å². The van der Waals surface area contributed by atoms with Gasteiger partial charge in [-0.05, 0) is 49.4 Å². The van der Waals surface area contributed by atoms with E-state index in [1.54, 1.807) is 0 Å². The Morgan fingerprint density at radius 2 is 0.545 bits per heavy atom. The van der Waals surface area contributed by atoms with Crippen LogP contribution in [0.3, 0.4) is 0 Å². The number of hydrogen-bond acceptors (Lipinski definition) is 15. The summed E-state index contributed by atoms with van der Waals surface area (Å²) in [5, 5.41) is 10.6. The molecule has 0 aliphatic carbocycles. The van der Waals surface area contributed by atoms with Gasteiger partial charge in [-0.1, -0.05) is 287 Å². The quantitative estimate of drug-likeness (QED) is 0.0222. The molecule has 88 heavy (non-hydrogen) atoms. The maximum Gasteiger partial charge on any atom is 0.472 e. The number of aliphatic hydroxyl groups excluding tert-OH is 1. The number of phosphoric ester groups is 2. The van der Waals surface area contributed by atoms with Gasteiger partial charge in [-0.25, -0.2) is 9.13 Å². The third kappa shape index (κ3) is 59.1. The van der Waals surface area contributed by atoms with Crippen LogP contribution in [0.2, 0.25) is 0 Å². The maximum absolute atomic E-state index is 13.0. The molecule has 0 saturated carbocycles. The first-order valence-electron chi connectivity index (χ1n) is 35.8. The van der Waals surface area contributed by atoms with Gasteiger partial charge in [0.05, 0.1) is 26.4 Å². The highest BCUT2D eigenvalue weighted by molar-refractivity contribution is 7.47. The lowest BCUT2D eigenvalue weighted by atomic mass is 9.99. The first kappa shape index (κ1) is 86.1. The molecule has 0 rings (SSSR count). The molecule has 0 aromatic carbocycles. The molecule has 0 spiro atoms. The lowest BCUT2D eigenvalue weighted by Gasteiger charge is -2.21. The van der Waals surface area contributed by atoms with Crippen LogP contribution in [-0.4, -0.2) is 96.7 Å². The SMILES string of the molecule is CCC(C)CCCCCCCCCCCCCCCCC(=O)O[C@H](COC(=O)CCCCCCCCCC(C)C)COP(=O)(O)OCC(O)COP(=O)(O)OC[C@@H](COC(=O)CCCCCCCCC(C)CC)OC(=O)CCCCCCCCC(C)CC. The zero-order chi connectivity index (χ0) is 65.4. The minimum Gasteiger partial charge on any atom is -0.462 e. The van der Waals surface area contributed by atoms with Crippen molar-refractivity contribution in [1.82, 2.24) is 0 Å². The van der Waals surface area contributed by atoms with E-state index in [2.05, 4.69) is 55.4 Å². The van der Waals surface area contributed by atoms with E-state index >= 15 is 0 Å². The molecule has 522 valence electrons. The van der Waals surface area contributed by atoms with Gasteiger partial charge in [0, 0.05) is 25.7 Å². The zero-order valence-electron chi connectivity index (χ0n) is 57.3. The second kappa shape index (κ2) is 58.8. The van der Waals surface area contributed by atoms with Crippen LogP contribution < -0.4 is 0 Å². The molecule has 6 unspecified atom stereocenters. The van der Waals surface area contributed by atoms with Gasteiger partial charge in [0.2, 0.25) is 0 Å². The van der Waals surface area contributed by atoms with E-state index in [-0.39, 0.29) is 25.7 Å². The summed E-state index contributed by atoms with van der Waals surface area (Å²) in [7, 11) is -9.90. The summed E-state index contributed by atoms with van der Waals surface area (Å²) >= 11 is 0. The molecule has 0 fully saturated rings. The summed E-state index contributed by atoms with van der Waals surface area (Å²) in [6.45, 7) is 14.0. The Morgan fingerprint density at radius 3 is 0.807 bits per heavy atom. The number of aliphatic hydroxyl groups is 1.